The quantitative estimate of drug-likeness (QED) is 0.455. The first-order valence-electron chi connectivity index (χ1n) is 11.0. The van der Waals surface area contributed by atoms with Gasteiger partial charge in [-0.3, -0.25) is 4.79 Å². The third-order valence-electron chi connectivity index (χ3n) is 5.46. The van der Waals surface area contributed by atoms with Crippen LogP contribution in [0.25, 0.3) is 0 Å². The molecule has 0 aliphatic rings. The summed E-state index contributed by atoms with van der Waals surface area (Å²) in [5, 5.41) is 5.44. The predicted octanol–water partition coefficient (Wildman–Crippen LogP) is 3.38. The average Bonchev–Trinajstić information content (AvgIpc) is 2.88. The maximum Gasteiger partial charge on any atom is 0.316 e. The van der Waals surface area contributed by atoms with Gasteiger partial charge in [0.25, 0.3) is 0 Å². The summed E-state index contributed by atoms with van der Waals surface area (Å²) in [4.78, 5) is 39.2. The number of nitrogens with zero attached hydrogens (tertiary/aromatic N) is 1. The number of hydrogen-bond acceptors (Lipinski definition) is 4. The summed E-state index contributed by atoms with van der Waals surface area (Å²) >= 11 is 0. The molecule has 3 amide bonds. The lowest BCUT2D eigenvalue weighted by molar-refractivity contribution is -0.120. The van der Waals surface area contributed by atoms with Crippen molar-refractivity contribution < 1.29 is 19.1 Å². The molecule has 0 aromatic heterocycles. The van der Waals surface area contributed by atoms with Gasteiger partial charge in [0.1, 0.15) is 18.1 Å². The zero-order valence-corrected chi connectivity index (χ0v) is 19.3. The number of rotatable bonds is 10. The molecule has 34 heavy (non-hydrogen) atoms. The van der Waals surface area contributed by atoms with Gasteiger partial charge in [-0.2, -0.15) is 0 Å². The number of benzene rings is 3. The Hall–Kier alpha value is -4.13. The van der Waals surface area contributed by atoms with E-state index in [-0.39, 0.29) is 5.91 Å². The van der Waals surface area contributed by atoms with E-state index < -0.39 is 18.1 Å². The zero-order valence-electron chi connectivity index (χ0n) is 19.3. The van der Waals surface area contributed by atoms with E-state index in [1.807, 2.05) is 60.7 Å². The number of aldehydes is 1. The molecule has 0 aliphatic heterocycles. The van der Waals surface area contributed by atoms with Crippen molar-refractivity contribution in [1.29, 1.82) is 0 Å². The molecule has 3 aromatic rings. The molecule has 2 atom stereocenters. The first-order valence-corrected chi connectivity index (χ1v) is 11.0. The second kappa shape index (κ2) is 12.2. The van der Waals surface area contributed by atoms with Crippen molar-refractivity contribution in [2.75, 3.05) is 19.1 Å². The molecule has 0 spiro atoms. The number of urea groups is 1. The van der Waals surface area contributed by atoms with Gasteiger partial charge in [-0.05, 0) is 41.8 Å². The fourth-order valence-electron chi connectivity index (χ4n) is 3.59. The van der Waals surface area contributed by atoms with Gasteiger partial charge in [0.15, 0.2) is 0 Å². The van der Waals surface area contributed by atoms with Crippen molar-refractivity contribution in [2.45, 2.75) is 24.9 Å². The number of ether oxygens (including phenoxy) is 1. The van der Waals surface area contributed by atoms with E-state index in [2.05, 4.69) is 10.6 Å². The van der Waals surface area contributed by atoms with Crippen molar-refractivity contribution >= 4 is 23.9 Å². The number of methoxy groups -OCH3 is 1. The number of hydrogen-bond donors (Lipinski definition) is 2. The van der Waals surface area contributed by atoms with E-state index in [0.29, 0.717) is 30.6 Å². The molecule has 0 saturated carbocycles. The van der Waals surface area contributed by atoms with Gasteiger partial charge in [-0.15, -0.1) is 0 Å². The summed E-state index contributed by atoms with van der Waals surface area (Å²) in [5.41, 5.74) is 2.50. The third-order valence-corrected chi connectivity index (χ3v) is 5.46. The minimum atomic E-state index is -0.835. The zero-order chi connectivity index (χ0) is 24.3. The Kier molecular flexibility index (Phi) is 8.80. The maximum atomic E-state index is 13.4. The van der Waals surface area contributed by atoms with Gasteiger partial charge < -0.3 is 25.1 Å². The van der Waals surface area contributed by atoms with Crippen LogP contribution in [0.2, 0.25) is 0 Å². The van der Waals surface area contributed by atoms with Crippen molar-refractivity contribution in [3.63, 3.8) is 0 Å². The van der Waals surface area contributed by atoms with Gasteiger partial charge in [0.05, 0.1) is 13.2 Å². The Balaban J connectivity index is 1.72. The van der Waals surface area contributed by atoms with E-state index in [4.69, 9.17) is 4.74 Å². The molecule has 0 fully saturated rings. The lowest BCUT2D eigenvalue weighted by Crippen LogP contribution is -2.53. The smallest absolute Gasteiger partial charge is 0.316 e. The topological polar surface area (TPSA) is 87.7 Å². The van der Waals surface area contributed by atoms with E-state index in [1.165, 1.54) is 4.90 Å². The van der Waals surface area contributed by atoms with Crippen LogP contribution >= 0.6 is 0 Å². The van der Waals surface area contributed by atoms with E-state index >= 15 is 0 Å². The van der Waals surface area contributed by atoms with Crippen molar-refractivity contribution in [1.82, 2.24) is 10.6 Å². The van der Waals surface area contributed by atoms with E-state index in [0.717, 1.165) is 11.1 Å². The Morgan fingerprint density at radius 1 is 0.853 bits per heavy atom. The second-order valence-electron chi connectivity index (χ2n) is 7.89. The molecule has 3 rings (SSSR count). The van der Waals surface area contributed by atoms with Crippen LogP contribution < -0.4 is 20.3 Å². The summed E-state index contributed by atoms with van der Waals surface area (Å²) < 4.78 is 5.18. The number of likely N-dealkylation sites (N-methyl/N-ethyl adjacent to an activating group) is 1. The molecule has 0 radical (unpaired) electrons. The normalized spacial score (nSPS) is 12.2. The average molecular weight is 460 g/mol. The number of anilines is 1. The fraction of sp³-hybridized carbons (Fsp3) is 0.222. The summed E-state index contributed by atoms with van der Waals surface area (Å²) in [7, 11) is 3.23. The molecular formula is C27H29N3O4. The Morgan fingerprint density at radius 3 is 1.94 bits per heavy atom. The highest BCUT2D eigenvalue weighted by Gasteiger charge is 2.26. The number of carbonyl (C=O) groups is 3. The first kappa shape index (κ1) is 24.5. The minimum Gasteiger partial charge on any atom is -0.497 e. The fourth-order valence-corrected chi connectivity index (χ4v) is 3.59. The Morgan fingerprint density at radius 2 is 1.41 bits per heavy atom. The van der Waals surface area contributed by atoms with Crippen molar-refractivity contribution in [3.8, 4) is 5.75 Å². The molecule has 0 saturated heterocycles. The molecule has 0 heterocycles. The third kappa shape index (κ3) is 6.93. The van der Waals surface area contributed by atoms with Gasteiger partial charge in [-0.25, -0.2) is 4.79 Å². The van der Waals surface area contributed by atoms with Crippen LogP contribution in [0.15, 0.2) is 84.9 Å². The van der Waals surface area contributed by atoms with Crippen LogP contribution in [-0.4, -0.2) is 44.5 Å². The monoisotopic (exact) mass is 459 g/mol. The van der Waals surface area contributed by atoms with Gasteiger partial charge in [0.2, 0.25) is 5.91 Å². The van der Waals surface area contributed by atoms with Crippen LogP contribution in [0.1, 0.15) is 11.1 Å². The van der Waals surface area contributed by atoms with E-state index in [1.54, 1.807) is 38.4 Å². The maximum absolute atomic E-state index is 13.4. The van der Waals surface area contributed by atoms with Crippen molar-refractivity contribution in [2.24, 2.45) is 0 Å². The minimum absolute atomic E-state index is 0.283. The van der Waals surface area contributed by atoms with Gasteiger partial charge >= 0.3 is 6.03 Å². The first-order chi connectivity index (χ1) is 16.5. The highest BCUT2D eigenvalue weighted by Crippen LogP contribution is 2.19. The lowest BCUT2D eigenvalue weighted by atomic mass is 10.0. The summed E-state index contributed by atoms with van der Waals surface area (Å²) in [6, 6.07) is 23.8. The molecule has 7 heteroatoms. The van der Waals surface area contributed by atoms with E-state index in [9.17, 15) is 14.4 Å². The standard InChI is InChI=1S/C27H29N3O4/c1-30(23-13-15-24(34-2)16-14-23)26(32)25(18-21-11-7-4-8-12-21)29-27(33)28-22(19-31)17-20-9-5-3-6-10-20/h3-16,19,22,25H,17-18H2,1-2H3,(H2,28,29,33)/t22-,25?/m0/s1. The van der Waals surface area contributed by atoms with Crippen LogP contribution in [-0.2, 0) is 22.4 Å². The van der Waals surface area contributed by atoms with Crippen LogP contribution in [0.4, 0.5) is 10.5 Å². The summed E-state index contributed by atoms with van der Waals surface area (Å²) in [5.74, 6) is 0.399. The highest BCUT2D eigenvalue weighted by molar-refractivity contribution is 5.99. The molecule has 7 nitrogen and oxygen atoms in total. The Bertz CT molecular complexity index is 1070. The summed E-state index contributed by atoms with van der Waals surface area (Å²) in [6.45, 7) is 0. The number of carbonyl (C=O) groups excluding carboxylic acids is 3. The molecule has 1 unspecified atom stereocenters. The molecule has 0 aliphatic carbocycles. The Labute approximate surface area is 199 Å². The van der Waals surface area contributed by atoms with Crippen LogP contribution in [0.5, 0.6) is 5.75 Å². The lowest BCUT2D eigenvalue weighted by Gasteiger charge is -2.26. The number of amides is 3. The predicted molar refractivity (Wildman–Crippen MR) is 132 cm³/mol. The van der Waals surface area contributed by atoms with Crippen molar-refractivity contribution in [3.05, 3.63) is 96.1 Å². The molecule has 0 bridgehead atoms. The summed E-state index contributed by atoms with van der Waals surface area (Å²) in [6.07, 6.45) is 1.36. The second-order valence-corrected chi connectivity index (χ2v) is 7.89. The molecule has 2 N–H and O–H groups in total. The van der Waals surface area contributed by atoms with Crippen LogP contribution in [0.3, 0.4) is 0 Å². The highest BCUT2D eigenvalue weighted by atomic mass is 16.5. The molecule has 3 aromatic carbocycles. The molecule has 176 valence electrons. The van der Waals surface area contributed by atoms with Gasteiger partial charge in [-0.1, -0.05) is 60.7 Å². The van der Waals surface area contributed by atoms with Crippen LogP contribution in [0, 0.1) is 0 Å². The molecular weight excluding hydrogens is 430 g/mol. The van der Waals surface area contributed by atoms with Gasteiger partial charge in [0, 0.05) is 19.2 Å². The number of nitrogens with one attached hydrogen (secondary N) is 2. The SMILES string of the molecule is COc1ccc(N(C)C(=O)C(Cc2ccccc2)NC(=O)N[C@H](C=O)Cc2ccccc2)cc1. The largest absolute Gasteiger partial charge is 0.497 e.